The molecule has 0 aromatic heterocycles. The van der Waals surface area contributed by atoms with Crippen molar-refractivity contribution in [1.29, 1.82) is 0 Å². The topological polar surface area (TPSA) is 75.4 Å². The third-order valence-electron chi connectivity index (χ3n) is 3.94. The number of phenolic OH excluding ortho intramolecular Hbond substituents is 1. The molecule has 0 bridgehead atoms. The number of rotatable bonds is 6. The van der Waals surface area contributed by atoms with E-state index in [4.69, 9.17) is 0 Å². The smallest absolute Gasteiger partial charge is 0.315 e. The lowest BCUT2D eigenvalue weighted by Gasteiger charge is -2.12. The van der Waals surface area contributed by atoms with E-state index in [1.54, 1.807) is 11.8 Å². The van der Waals surface area contributed by atoms with Gasteiger partial charge in [-0.15, -0.1) is 0 Å². The van der Waals surface area contributed by atoms with Crippen LogP contribution in [0.1, 0.15) is 11.1 Å². The van der Waals surface area contributed by atoms with Gasteiger partial charge in [0.05, 0.1) is 4.92 Å². The van der Waals surface area contributed by atoms with Crippen LogP contribution in [0.25, 0.3) is 0 Å². The minimum Gasteiger partial charge on any atom is -0.500 e. The molecular weight excluding hydrogens is 367 g/mol. The summed E-state index contributed by atoms with van der Waals surface area (Å²) in [6, 6.07) is 18.1. The van der Waals surface area contributed by atoms with Crippen molar-refractivity contribution in [1.82, 2.24) is 0 Å². The second-order valence-corrected chi connectivity index (χ2v) is 7.07. The molecule has 5 nitrogen and oxygen atoms in total. The first-order chi connectivity index (χ1) is 12.9. The van der Waals surface area contributed by atoms with Gasteiger partial charge in [0.25, 0.3) is 0 Å². The Morgan fingerprint density at radius 3 is 2.56 bits per heavy atom. The second kappa shape index (κ2) is 8.09. The number of nitrogens with one attached hydrogen (secondary N) is 1. The van der Waals surface area contributed by atoms with Gasteiger partial charge in [0.1, 0.15) is 0 Å². The van der Waals surface area contributed by atoms with Gasteiger partial charge >= 0.3 is 5.69 Å². The number of aromatic hydroxyl groups is 1. The summed E-state index contributed by atoms with van der Waals surface area (Å²) in [5.41, 5.74) is 1.72. The van der Waals surface area contributed by atoms with Crippen LogP contribution in [0.5, 0.6) is 5.75 Å². The van der Waals surface area contributed by atoms with Crippen LogP contribution in [0.2, 0.25) is 0 Å². The molecule has 0 aliphatic rings. The van der Waals surface area contributed by atoms with E-state index >= 15 is 0 Å². The Bertz CT molecular complexity index is 977. The highest BCUT2D eigenvalue weighted by Crippen LogP contribution is 2.34. The first-order valence-corrected chi connectivity index (χ1v) is 8.99. The first-order valence-electron chi connectivity index (χ1n) is 8.17. The van der Waals surface area contributed by atoms with Gasteiger partial charge in [0.2, 0.25) is 5.75 Å². The monoisotopic (exact) mass is 384 g/mol. The van der Waals surface area contributed by atoms with Crippen LogP contribution in [0.4, 0.5) is 15.8 Å². The fraction of sp³-hybridized carbons (Fsp3) is 0.100. The van der Waals surface area contributed by atoms with Crippen LogP contribution >= 0.6 is 11.8 Å². The predicted molar refractivity (Wildman–Crippen MR) is 104 cm³/mol. The van der Waals surface area contributed by atoms with Crippen molar-refractivity contribution in [3.8, 4) is 5.75 Å². The summed E-state index contributed by atoms with van der Waals surface area (Å²) in [5, 5.41) is 23.4. The quantitative estimate of drug-likeness (QED) is 0.333. The third-order valence-corrected chi connectivity index (χ3v) is 5.07. The number of nitrogens with zero attached hydrogens (tertiary/aromatic N) is 1. The van der Waals surface area contributed by atoms with Gasteiger partial charge in [-0.05, 0) is 30.7 Å². The van der Waals surface area contributed by atoms with E-state index in [0.717, 1.165) is 27.5 Å². The second-order valence-electron chi connectivity index (χ2n) is 5.96. The fourth-order valence-electron chi connectivity index (χ4n) is 2.51. The van der Waals surface area contributed by atoms with Crippen molar-refractivity contribution >= 4 is 23.1 Å². The van der Waals surface area contributed by atoms with Crippen LogP contribution in [0, 0.1) is 22.9 Å². The number of halogens is 1. The van der Waals surface area contributed by atoms with E-state index in [1.165, 1.54) is 5.56 Å². The summed E-state index contributed by atoms with van der Waals surface area (Å²) in [6.45, 7) is 2.39. The van der Waals surface area contributed by atoms with Crippen LogP contribution in [-0.4, -0.2) is 10.0 Å². The van der Waals surface area contributed by atoms with Crippen LogP contribution < -0.4 is 5.32 Å². The number of phenols is 1. The van der Waals surface area contributed by atoms with E-state index < -0.39 is 22.2 Å². The number of nitro benzene ring substituents is 1. The molecule has 3 rings (SSSR count). The van der Waals surface area contributed by atoms with Crippen molar-refractivity contribution < 1.29 is 14.4 Å². The van der Waals surface area contributed by atoms with Crippen molar-refractivity contribution in [2.75, 3.05) is 5.32 Å². The summed E-state index contributed by atoms with van der Waals surface area (Å²) < 4.78 is 13.7. The van der Waals surface area contributed by atoms with E-state index in [9.17, 15) is 19.6 Å². The molecule has 0 radical (unpaired) electrons. The molecule has 3 aromatic rings. The number of benzene rings is 3. The van der Waals surface area contributed by atoms with E-state index in [-0.39, 0.29) is 5.69 Å². The highest BCUT2D eigenvalue weighted by Gasteiger charge is 2.19. The summed E-state index contributed by atoms with van der Waals surface area (Å²) in [4.78, 5) is 12.2. The maximum atomic E-state index is 13.7. The molecular formula is C20H17FN2O3S. The van der Waals surface area contributed by atoms with Crippen molar-refractivity contribution in [2.45, 2.75) is 23.3 Å². The van der Waals surface area contributed by atoms with Gasteiger partial charge < -0.3 is 10.4 Å². The van der Waals surface area contributed by atoms with Crippen LogP contribution in [0.3, 0.4) is 0 Å². The van der Waals surface area contributed by atoms with Gasteiger partial charge in [-0.25, -0.2) is 4.39 Å². The average molecular weight is 384 g/mol. The summed E-state index contributed by atoms with van der Waals surface area (Å²) in [5.74, 6) is -1.99. The minimum atomic E-state index is -1.03. The SMILES string of the molecule is Cc1ccc(Sc2ccccc2CNc2cc(F)c(O)c([N+](=O)[O-])c2)cc1. The van der Waals surface area contributed by atoms with Gasteiger partial charge in [-0.3, -0.25) is 10.1 Å². The van der Waals surface area contributed by atoms with Crippen LogP contribution in [-0.2, 0) is 6.54 Å². The molecule has 0 aliphatic heterocycles. The first kappa shape index (κ1) is 18.7. The number of hydrogen-bond acceptors (Lipinski definition) is 5. The average Bonchev–Trinajstić information content (AvgIpc) is 2.65. The molecule has 0 fully saturated rings. The molecule has 0 saturated carbocycles. The standard InChI is InChI=1S/C20H17FN2O3S/c1-13-6-8-16(9-7-13)27-19-5-3-2-4-14(19)12-22-15-10-17(21)20(24)18(11-15)23(25)26/h2-11,22,24H,12H2,1H3. The maximum absolute atomic E-state index is 13.7. The third kappa shape index (κ3) is 4.57. The Morgan fingerprint density at radius 2 is 1.85 bits per heavy atom. The Labute approximate surface area is 160 Å². The zero-order valence-electron chi connectivity index (χ0n) is 14.5. The van der Waals surface area contributed by atoms with Crippen LogP contribution in [0.15, 0.2) is 70.5 Å². The summed E-state index contributed by atoms with van der Waals surface area (Å²) in [7, 11) is 0. The fourth-order valence-corrected chi connectivity index (χ4v) is 3.45. The zero-order valence-corrected chi connectivity index (χ0v) is 15.3. The van der Waals surface area contributed by atoms with Gasteiger partial charge in [-0.2, -0.15) is 0 Å². The molecule has 0 heterocycles. The molecule has 3 aromatic carbocycles. The highest BCUT2D eigenvalue weighted by atomic mass is 32.2. The maximum Gasteiger partial charge on any atom is 0.315 e. The molecule has 138 valence electrons. The Balaban J connectivity index is 1.79. The van der Waals surface area contributed by atoms with Gasteiger partial charge in [-0.1, -0.05) is 47.7 Å². The Hall–Kier alpha value is -3.06. The molecule has 0 saturated heterocycles. The summed E-state index contributed by atoms with van der Waals surface area (Å²) >= 11 is 1.61. The van der Waals surface area contributed by atoms with E-state index in [1.807, 2.05) is 55.5 Å². The predicted octanol–water partition coefficient (Wildman–Crippen LogP) is 5.51. The molecule has 2 N–H and O–H groups in total. The zero-order chi connectivity index (χ0) is 19.4. The lowest BCUT2D eigenvalue weighted by Crippen LogP contribution is -2.02. The molecule has 0 amide bonds. The van der Waals surface area contributed by atoms with E-state index in [2.05, 4.69) is 5.32 Å². The lowest BCUT2D eigenvalue weighted by atomic mass is 10.2. The van der Waals surface area contributed by atoms with Gasteiger partial charge in [0.15, 0.2) is 5.82 Å². The minimum absolute atomic E-state index is 0.229. The normalized spacial score (nSPS) is 10.6. The molecule has 7 heteroatoms. The molecule has 0 spiro atoms. The molecule has 0 atom stereocenters. The highest BCUT2D eigenvalue weighted by molar-refractivity contribution is 7.99. The van der Waals surface area contributed by atoms with Crippen molar-refractivity contribution in [2.24, 2.45) is 0 Å². The van der Waals surface area contributed by atoms with Gasteiger partial charge in [0, 0.05) is 34.2 Å². The summed E-state index contributed by atoms with van der Waals surface area (Å²) in [6.07, 6.45) is 0. The van der Waals surface area contributed by atoms with Crippen molar-refractivity contribution in [3.05, 3.63) is 87.7 Å². The molecule has 0 aliphatic carbocycles. The number of hydrogen-bond donors (Lipinski definition) is 2. The molecule has 0 unspecified atom stereocenters. The Morgan fingerprint density at radius 1 is 1.15 bits per heavy atom. The largest absolute Gasteiger partial charge is 0.500 e. The molecule has 27 heavy (non-hydrogen) atoms. The number of aryl methyl sites for hydroxylation is 1. The number of nitro groups is 1. The Kier molecular flexibility index (Phi) is 5.61. The van der Waals surface area contributed by atoms with E-state index in [0.29, 0.717) is 6.54 Å². The lowest BCUT2D eigenvalue weighted by molar-refractivity contribution is -0.386. The van der Waals surface area contributed by atoms with Crippen molar-refractivity contribution in [3.63, 3.8) is 0 Å². The number of anilines is 1.